The highest BCUT2D eigenvalue weighted by Gasteiger charge is 2.48. The van der Waals surface area contributed by atoms with Gasteiger partial charge in [-0.25, -0.2) is 0 Å². The van der Waals surface area contributed by atoms with Crippen LogP contribution >= 0.6 is 0 Å². The smallest absolute Gasteiger partial charge is 0.228 e. The van der Waals surface area contributed by atoms with Crippen LogP contribution in [0, 0.1) is 25.7 Å². The highest BCUT2D eigenvalue weighted by atomic mass is 16.5. The number of para-hydroxylation sites is 1. The van der Waals surface area contributed by atoms with Crippen LogP contribution in [0.25, 0.3) is 0 Å². The van der Waals surface area contributed by atoms with Crippen molar-refractivity contribution in [1.29, 1.82) is 0 Å². The van der Waals surface area contributed by atoms with Crippen molar-refractivity contribution >= 4 is 17.5 Å². The minimum absolute atomic E-state index is 0.0861. The Hall–Kier alpha value is -2.82. The number of anilines is 1. The number of hydrogen-bond acceptors (Lipinski definition) is 3. The molecule has 136 valence electrons. The van der Waals surface area contributed by atoms with Crippen LogP contribution in [0.4, 0.5) is 5.69 Å². The molecule has 0 aliphatic heterocycles. The maximum Gasteiger partial charge on any atom is 0.228 e. The van der Waals surface area contributed by atoms with Gasteiger partial charge in [0, 0.05) is 17.8 Å². The maximum atomic E-state index is 12.4. The fraction of sp³-hybridized carbons (Fsp3) is 0.333. The Bertz CT molecular complexity index is 832. The number of carbonyl (C=O) groups excluding carboxylic acids is 2. The summed E-state index contributed by atoms with van der Waals surface area (Å²) in [6.45, 7) is 4.39. The summed E-state index contributed by atoms with van der Waals surface area (Å²) in [6.07, 6.45) is 0.592. The van der Waals surface area contributed by atoms with Crippen LogP contribution in [-0.2, 0) is 16.1 Å². The molecular formula is C21H24N2O3. The van der Waals surface area contributed by atoms with Crippen molar-refractivity contribution < 1.29 is 14.3 Å². The van der Waals surface area contributed by atoms with Gasteiger partial charge < -0.3 is 15.4 Å². The number of hydrogen-bond donors (Lipinski definition) is 2. The molecule has 2 atom stereocenters. The largest absolute Gasteiger partial charge is 0.496 e. The van der Waals surface area contributed by atoms with E-state index in [-0.39, 0.29) is 23.7 Å². The molecule has 2 aromatic rings. The SMILES string of the molecule is COc1ccccc1CNC(=O)C1CC1C(=O)Nc1cccc(C)c1C. The van der Waals surface area contributed by atoms with Crippen LogP contribution in [-0.4, -0.2) is 18.9 Å². The molecule has 0 aromatic heterocycles. The normalized spacial score (nSPS) is 18.1. The molecular weight excluding hydrogens is 328 g/mol. The summed E-state index contributed by atoms with van der Waals surface area (Å²) in [5.74, 6) is 0.0587. The van der Waals surface area contributed by atoms with E-state index < -0.39 is 0 Å². The van der Waals surface area contributed by atoms with E-state index in [1.165, 1.54) is 0 Å². The molecule has 2 N–H and O–H groups in total. The van der Waals surface area contributed by atoms with E-state index in [1.807, 2.05) is 56.3 Å². The standard InChI is InChI=1S/C21H24N2O3/c1-13-7-6-9-18(14(13)2)23-21(25)17-11-16(17)20(24)22-12-15-8-4-5-10-19(15)26-3/h4-10,16-17H,11-12H2,1-3H3,(H,22,24)(H,23,25). The molecule has 1 saturated carbocycles. The number of nitrogens with one attached hydrogen (secondary N) is 2. The lowest BCUT2D eigenvalue weighted by Gasteiger charge is -2.11. The Labute approximate surface area is 153 Å². The van der Waals surface area contributed by atoms with Gasteiger partial charge in [0.05, 0.1) is 18.9 Å². The fourth-order valence-electron chi connectivity index (χ4n) is 3.05. The molecule has 1 aliphatic carbocycles. The van der Waals surface area contributed by atoms with E-state index in [2.05, 4.69) is 10.6 Å². The van der Waals surface area contributed by atoms with Crippen molar-refractivity contribution in [3.8, 4) is 5.75 Å². The third kappa shape index (κ3) is 3.87. The van der Waals surface area contributed by atoms with Crippen LogP contribution in [0.15, 0.2) is 42.5 Å². The van der Waals surface area contributed by atoms with Gasteiger partial charge in [0.15, 0.2) is 0 Å². The summed E-state index contributed by atoms with van der Waals surface area (Å²) >= 11 is 0. The number of rotatable bonds is 6. The number of methoxy groups -OCH3 is 1. The Morgan fingerprint density at radius 3 is 2.54 bits per heavy atom. The average Bonchev–Trinajstić information content (AvgIpc) is 3.44. The monoisotopic (exact) mass is 352 g/mol. The van der Waals surface area contributed by atoms with Gasteiger partial charge in [-0.2, -0.15) is 0 Å². The van der Waals surface area contributed by atoms with Crippen molar-refractivity contribution in [2.24, 2.45) is 11.8 Å². The molecule has 3 rings (SSSR count). The van der Waals surface area contributed by atoms with Gasteiger partial charge in [0.2, 0.25) is 11.8 Å². The lowest BCUT2D eigenvalue weighted by molar-refractivity contribution is -0.125. The van der Waals surface area contributed by atoms with Crippen LogP contribution in [0.2, 0.25) is 0 Å². The summed E-state index contributed by atoms with van der Waals surface area (Å²) in [6, 6.07) is 13.4. The van der Waals surface area contributed by atoms with E-state index in [9.17, 15) is 9.59 Å². The van der Waals surface area contributed by atoms with E-state index in [1.54, 1.807) is 7.11 Å². The molecule has 1 fully saturated rings. The van der Waals surface area contributed by atoms with Gasteiger partial charge in [-0.15, -0.1) is 0 Å². The lowest BCUT2D eigenvalue weighted by atomic mass is 10.1. The van der Waals surface area contributed by atoms with E-state index in [0.717, 1.165) is 28.1 Å². The van der Waals surface area contributed by atoms with Gasteiger partial charge >= 0.3 is 0 Å². The van der Waals surface area contributed by atoms with E-state index in [0.29, 0.717) is 13.0 Å². The quantitative estimate of drug-likeness (QED) is 0.839. The Kier molecular flexibility index (Phi) is 5.26. The second-order valence-electron chi connectivity index (χ2n) is 6.72. The van der Waals surface area contributed by atoms with Crippen LogP contribution in [0.3, 0.4) is 0 Å². The van der Waals surface area contributed by atoms with Gasteiger partial charge in [0.25, 0.3) is 0 Å². The van der Waals surface area contributed by atoms with Crippen molar-refractivity contribution in [3.63, 3.8) is 0 Å². The summed E-state index contributed by atoms with van der Waals surface area (Å²) in [4.78, 5) is 24.8. The first-order valence-corrected chi connectivity index (χ1v) is 8.78. The predicted molar refractivity (Wildman–Crippen MR) is 101 cm³/mol. The van der Waals surface area contributed by atoms with Crippen molar-refractivity contribution in [2.75, 3.05) is 12.4 Å². The zero-order valence-electron chi connectivity index (χ0n) is 15.3. The minimum atomic E-state index is -0.257. The zero-order valence-corrected chi connectivity index (χ0v) is 15.3. The molecule has 2 amide bonds. The lowest BCUT2D eigenvalue weighted by Crippen LogP contribution is -2.27. The number of aryl methyl sites for hydroxylation is 1. The molecule has 26 heavy (non-hydrogen) atoms. The Morgan fingerprint density at radius 1 is 1.04 bits per heavy atom. The molecule has 0 radical (unpaired) electrons. The summed E-state index contributed by atoms with van der Waals surface area (Å²) in [5.41, 5.74) is 3.92. The molecule has 0 spiro atoms. The first-order valence-electron chi connectivity index (χ1n) is 8.78. The summed E-state index contributed by atoms with van der Waals surface area (Å²) < 4.78 is 5.28. The molecule has 5 heteroatoms. The van der Waals surface area contributed by atoms with Gasteiger partial charge in [-0.05, 0) is 43.5 Å². The first kappa shape index (κ1) is 18.0. The Morgan fingerprint density at radius 2 is 1.77 bits per heavy atom. The predicted octanol–water partition coefficient (Wildman–Crippen LogP) is 3.20. The van der Waals surface area contributed by atoms with Gasteiger partial charge in [0.1, 0.15) is 5.75 Å². The molecule has 5 nitrogen and oxygen atoms in total. The minimum Gasteiger partial charge on any atom is -0.496 e. The van der Waals surface area contributed by atoms with Crippen molar-refractivity contribution in [1.82, 2.24) is 5.32 Å². The molecule has 2 unspecified atom stereocenters. The van der Waals surface area contributed by atoms with Gasteiger partial charge in [-0.1, -0.05) is 30.3 Å². The number of amides is 2. The highest BCUT2D eigenvalue weighted by Crippen LogP contribution is 2.40. The number of ether oxygens (including phenoxy) is 1. The van der Waals surface area contributed by atoms with Crippen molar-refractivity contribution in [2.45, 2.75) is 26.8 Å². The van der Waals surface area contributed by atoms with Crippen LogP contribution in [0.5, 0.6) is 5.75 Å². The van der Waals surface area contributed by atoms with E-state index in [4.69, 9.17) is 4.74 Å². The van der Waals surface area contributed by atoms with E-state index >= 15 is 0 Å². The molecule has 0 heterocycles. The number of carbonyl (C=O) groups is 2. The van der Waals surface area contributed by atoms with Crippen LogP contribution in [0.1, 0.15) is 23.1 Å². The molecule has 0 bridgehead atoms. The highest BCUT2D eigenvalue weighted by molar-refractivity contribution is 6.00. The average molecular weight is 352 g/mol. The van der Waals surface area contributed by atoms with Crippen LogP contribution < -0.4 is 15.4 Å². The molecule has 0 saturated heterocycles. The topological polar surface area (TPSA) is 67.4 Å². The molecule has 1 aliphatic rings. The third-order valence-corrected chi connectivity index (χ3v) is 4.97. The zero-order chi connectivity index (χ0) is 18.7. The van der Waals surface area contributed by atoms with Crippen molar-refractivity contribution in [3.05, 3.63) is 59.2 Å². The second-order valence-corrected chi connectivity index (χ2v) is 6.72. The maximum absolute atomic E-state index is 12.4. The second kappa shape index (κ2) is 7.60. The summed E-state index contributed by atoms with van der Waals surface area (Å²) in [7, 11) is 1.61. The summed E-state index contributed by atoms with van der Waals surface area (Å²) in [5, 5.41) is 5.86. The molecule has 2 aromatic carbocycles. The number of benzene rings is 2. The Balaban J connectivity index is 1.53. The van der Waals surface area contributed by atoms with Gasteiger partial charge in [-0.3, -0.25) is 9.59 Å². The fourth-order valence-corrected chi connectivity index (χ4v) is 3.05. The third-order valence-electron chi connectivity index (χ3n) is 4.97. The first-order chi connectivity index (χ1) is 12.5.